The average molecular weight is 973 g/mol. The molecule has 1 amide bonds. The van der Waals surface area contributed by atoms with Crippen LogP contribution in [0.25, 0.3) is 0 Å². The Bertz CT molecular complexity index is 1030. The number of amides is 1. The van der Waals surface area contributed by atoms with Crippen molar-refractivity contribution in [3.05, 3.63) is 24.3 Å². The second-order valence-electron chi connectivity index (χ2n) is 22.0. The standard InChI is InChI=1S/C64H125NO4/c1-3-5-7-9-11-13-15-17-19-21-23-24-25-26-27-28-29-30-31-32-33-34-35-36-37-38-39-40-41-43-45-47-49-51-53-55-57-59-63(68)65-61(60-66)64(69)62(67)58-56-54-52-50-48-46-44-42-22-20-18-16-14-12-10-8-6-4-2/h27-28,30-31,61-62,64,66-67,69H,3-26,29,32-60H2,1-2H3,(H,65,68)/b28-27-,31-30-. The summed E-state index contributed by atoms with van der Waals surface area (Å²) >= 11 is 0. The van der Waals surface area contributed by atoms with Gasteiger partial charge in [0, 0.05) is 6.42 Å². The molecule has 410 valence electrons. The molecule has 0 radical (unpaired) electrons. The normalized spacial score (nSPS) is 13.3. The molecule has 0 fully saturated rings. The Balaban J connectivity index is 3.46. The van der Waals surface area contributed by atoms with Crippen LogP contribution in [0.3, 0.4) is 0 Å². The van der Waals surface area contributed by atoms with E-state index in [4.69, 9.17) is 0 Å². The molecule has 0 heterocycles. The molecule has 0 aliphatic rings. The third-order valence-electron chi connectivity index (χ3n) is 15.1. The summed E-state index contributed by atoms with van der Waals surface area (Å²) in [6.45, 7) is 4.22. The summed E-state index contributed by atoms with van der Waals surface area (Å²) in [5.41, 5.74) is 0. The summed E-state index contributed by atoms with van der Waals surface area (Å²) in [5.74, 6) is -0.138. The predicted octanol–water partition coefficient (Wildman–Crippen LogP) is 20.0. The second-order valence-corrected chi connectivity index (χ2v) is 22.0. The van der Waals surface area contributed by atoms with E-state index in [1.807, 2.05) is 0 Å². The van der Waals surface area contributed by atoms with Crippen LogP contribution < -0.4 is 5.32 Å². The average Bonchev–Trinajstić information content (AvgIpc) is 3.35. The van der Waals surface area contributed by atoms with E-state index in [1.54, 1.807) is 0 Å². The lowest BCUT2D eigenvalue weighted by atomic mass is 9.99. The molecule has 0 bridgehead atoms. The molecule has 0 rings (SSSR count). The van der Waals surface area contributed by atoms with Gasteiger partial charge in [0.15, 0.2) is 0 Å². The number of carbonyl (C=O) groups is 1. The van der Waals surface area contributed by atoms with Crippen molar-refractivity contribution in [2.75, 3.05) is 6.61 Å². The number of aliphatic hydroxyl groups excluding tert-OH is 3. The maximum absolute atomic E-state index is 12.5. The van der Waals surface area contributed by atoms with Crippen LogP contribution in [0.4, 0.5) is 0 Å². The number of rotatable bonds is 59. The lowest BCUT2D eigenvalue weighted by Crippen LogP contribution is -2.50. The Morgan fingerprint density at radius 2 is 0.623 bits per heavy atom. The third-order valence-corrected chi connectivity index (χ3v) is 15.1. The van der Waals surface area contributed by atoms with Gasteiger partial charge in [-0.3, -0.25) is 4.79 Å². The van der Waals surface area contributed by atoms with Crippen molar-refractivity contribution >= 4 is 5.91 Å². The van der Waals surface area contributed by atoms with Gasteiger partial charge in [-0.2, -0.15) is 0 Å². The van der Waals surface area contributed by atoms with Crippen LogP contribution in [-0.2, 0) is 4.79 Å². The fourth-order valence-electron chi connectivity index (χ4n) is 10.2. The van der Waals surface area contributed by atoms with E-state index in [-0.39, 0.29) is 12.5 Å². The van der Waals surface area contributed by atoms with Crippen molar-refractivity contribution in [1.29, 1.82) is 0 Å². The van der Waals surface area contributed by atoms with E-state index in [0.29, 0.717) is 12.8 Å². The first-order chi connectivity index (χ1) is 34.1. The molecule has 0 aromatic rings. The summed E-state index contributed by atoms with van der Waals surface area (Å²) in [7, 11) is 0. The molecular weight excluding hydrogens is 847 g/mol. The van der Waals surface area contributed by atoms with Crippen LogP contribution in [0.5, 0.6) is 0 Å². The molecule has 0 aliphatic heterocycles. The first-order valence-electron chi connectivity index (χ1n) is 31.6. The highest BCUT2D eigenvalue weighted by molar-refractivity contribution is 5.76. The number of nitrogens with one attached hydrogen (secondary N) is 1. The molecule has 0 saturated heterocycles. The summed E-state index contributed by atoms with van der Waals surface area (Å²) < 4.78 is 0. The molecular formula is C64H125NO4. The van der Waals surface area contributed by atoms with Crippen molar-refractivity contribution in [2.45, 2.75) is 372 Å². The number of hydrogen-bond acceptors (Lipinski definition) is 4. The summed E-state index contributed by atoms with van der Waals surface area (Å²) in [6.07, 6.45) is 76.5. The highest BCUT2D eigenvalue weighted by atomic mass is 16.3. The number of hydrogen-bond donors (Lipinski definition) is 4. The second kappa shape index (κ2) is 59.4. The molecule has 3 unspecified atom stereocenters. The van der Waals surface area contributed by atoms with Gasteiger partial charge in [-0.15, -0.1) is 0 Å². The van der Waals surface area contributed by atoms with Crippen molar-refractivity contribution in [1.82, 2.24) is 5.32 Å². The minimum absolute atomic E-state index is 0.138. The fraction of sp³-hybridized carbons (Fsp3) is 0.922. The van der Waals surface area contributed by atoms with Gasteiger partial charge in [-0.05, 0) is 44.9 Å². The summed E-state index contributed by atoms with van der Waals surface area (Å²) in [5, 5.41) is 33.8. The Morgan fingerprint density at radius 3 is 0.913 bits per heavy atom. The van der Waals surface area contributed by atoms with Gasteiger partial charge in [0.05, 0.1) is 18.8 Å². The zero-order chi connectivity index (χ0) is 50.0. The van der Waals surface area contributed by atoms with Crippen LogP contribution in [0.1, 0.15) is 354 Å². The minimum atomic E-state index is -1.13. The molecule has 0 aromatic carbocycles. The molecule has 3 atom stereocenters. The number of carbonyl (C=O) groups excluding carboxylic acids is 1. The number of aliphatic hydroxyl groups is 3. The lowest BCUT2D eigenvalue weighted by Gasteiger charge is -2.26. The van der Waals surface area contributed by atoms with Crippen molar-refractivity contribution in [3.8, 4) is 0 Å². The van der Waals surface area contributed by atoms with E-state index in [0.717, 1.165) is 38.5 Å². The van der Waals surface area contributed by atoms with E-state index in [2.05, 4.69) is 43.5 Å². The van der Waals surface area contributed by atoms with Crippen LogP contribution in [0.15, 0.2) is 24.3 Å². The molecule has 69 heavy (non-hydrogen) atoms. The van der Waals surface area contributed by atoms with E-state index in [9.17, 15) is 20.1 Å². The van der Waals surface area contributed by atoms with E-state index >= 15 is 0 Å². The Morgan fingerprint density at radius 1 is 0.362 bits per heavy atom. The van der Waals surface area contributed by atoms with Crippen LogP contribution in [0, 0.1) is 0 Å². The Hall–Kier alpha value is -1.17. The van der Waals surface area contributed by atoms with Crippen LogP contribution >= 0.6 is 0 Å². The monoisotopic (exact) mass is 972 g/mol. The van der Waals surface area contributed by atoms with Crippen LogP contribution in [0.2, 0.25) is 0 Å². The van der Waals surface area contributed by atoms with Crippen molar-refractivity contribution in [3.63, 3.8) is 0 Å². The molecule has 4 N–H and O–H groups in total. The number of unbranched alkanes of at least 4 members (excludes halogenated alkanes) is 47. The minimum Gasteiger partial charge on any atom is -0.394 e. The van der Waals surface area contributed by atoms with Gasteiger partial charge in [0.2, 0.25) is 5.91 Å². The van der Waals surface area contributed by atoms with E-state index < -0.39 is 18.2 Å². The molecule has 0 spiro atoms. The highest BCUT2D eigenvalue weighted by Crippen LogP contribution is 2.19. The topological polar surface area (TPSA) is 89.8 Å². The maximum Gasteiger partial charge on any atom is 0.220 e. The Kier molecular flexibility index (Phi) is 58.4. The molecule has 5 nitrogen and oxygen atoms in total. The summed E-state index contributed by atoms with van der Waals surface area (Å²) in [4.78, 5) is 12.5. The smallest absolute Gasteiger partial charge is 0.220 e. The maximum atomic E-state index is 12.5. The van der Waals surface area contributed by atoms with Crippen LogP contribution in [-0.4, -0.2) is 46.1 Å². The number of allylic oxidation sites excluding steroid dienone is 4. The SMILES string of the molecule is CCCCCCCCCCCCCCC/C=C\C/C=C\CCCCCCCCCCCCCCCCCCCC(=O)NC(CO)C(O)C(O)CCCCCCCCCCCCCCCCCCCC. The third kappa shape index (κ3) is 54.4. The van der Waals surface area contributed by atoms with Gasteiger partial charge in [-0.1, -0.05) is 327 Å². The molecule has 5 heteroatoms. The zero-order valence-electron chi connectivity index (χ0n) is 47.0. The van der Waals surface area contributed by atoms with Gasteiger partial charge in [-0.25, -0.2) is 0 Å². The fourth-order valence-corrected chi connectivity index (χ4v) is 10.2. The molecule has 0 saturated carbocycles. The Labute approximate surface area is 432 Å². The molecule has 0 aromatic heterocycles. The van der Waals surface area contributed by atoms with Gasteiger partial charge < -0.3 is 20.6 Å². The molecule has 0 aliphatic carbocycles. The quantitative estimate of drug-likeness (QED) is 0.0361. The lowest BCUT2D eigenvalue weighted by molar-refractivity contribution is -0.124. The highest BCUT2D eigenvalue weighted by Gasteiger charge is 2.26. The predicted molar refractivity (Wildman–Crippen MR) is 305 cm³/mol. The van der Waals surface area contributed by atoms with Gasteiger partial charge in [0.1, 0.15) is 6.10 Å². The first kappa shape index (κ1) is 67.8. The van der Waals surface area contributed by atoms with Crippen molar-refractivity contribution < 1.29 is 20.1 Å². The largest absolute Gasteiger partial charge is 0.394 e. The van der Waals surface area contributed by atoms with Crippen molar-refractivity contribution in [2.24, 2.45) is 0 Å². The van der Waals surface area contributed by atoms with Gasteiger partial charge in [0.25, 0.3) is 0 Å². The zero-order valence-corrected chi connectivity index (χ0v) is 47.0. The van der Waals surface area contributed by atoms with E-state index in [1.165, 1.54) is 289 Å². The first-order valence-corrected chi connectivity index (χ1v) is 31.6. The van der Waals surface area contributed by atoms with Gasteiger partial charge >= 0.3 is 0 Å². The summed E-state index contributed by atoms with van der Waals surface area (Å²) in [6, 6.07) is -0.808.